The van der Waals surface area contributed by atoms with E-state index in [9.17, 15) is 4.79 Å². The highest BCUT2D eigenvalue weighted by Gasteiger charge is 2.07. The van der Waals surface area contributed by atoms with Gasteiger partial charge in [0.2, 0.25) is 0 Å². The summed E-state index contributed by atoms with van der Waals surface area (Å²) < 4.78 is 1.76. The van der Waals surface area contributed by atoms with Crippen molar-refractivity contribution in [2.24, 2.45) is 0 Å². The van der Waals surface area contributed by atoms with Crippen LogP contribution in [0.4, 0.5) is 0 Å². The van der Waals surface area contributed by atoms with Gasteiger partial charge in [-0.05, 0) is 23.6 Å². The molecular weight excluding hydrogens is 272 g/mol. The number of rotatable bonds is 4. The van der Waals surface area contributed by atoms with Crippen LogP contribution in [0.5, 0.6) is 0 Å². The summed E-state index contributed by atoms with van der Waals surface area (Å²) >= 11 is 1.62. The van der Waals surface area contributed by atoms with Crippen LogP contribution in [0.2, 0.25) is 0 Å². The van der Waals surface area contributed by atoms with Crippen LogP contribution in [0.25, 0.3) is 5.82 Å². The second-order valence-electron chi connectivity index (χ2n) is 4.13. The predicted molar refractivity (Wildman–Crippen MR) is 76.8 cm³/mol. The zero-order valence-corrected chi connectivity index (χ0v) is 11.4. The number of thiophene rings is 1. The molecule has 1 amide bonds. The molecule has 0 spiro atoms. The minimum absolute atomic E-state index is 0.109. The molecule has 3 rings (SSSR count). The second kappa shape index (κ2) is 5.66. The Balaban J connectivity index is 1.73. The van der Waals surface area contributed by atoms with E-state index >= 15 is 0 Å². The molecular formula is C14H12N4OS. The molecule has 0 aromatic carbocycles. The molecule has 0 atom stereocenters. The first-order valence-corrected chi connectivity index (χ1v) is 6.96. The Hall–Kier alpha value is -2.47. The largest absolute Gasteiger partial charge is 0.347 e. The van der Waals surface area contributed by atoms with E-state index in [2.05, 4.69) is 15.3 Å². The number of aromatic nitrogens is 3. The molecule has 0 radical (unpaired) electrons. The maximum absolute atomic E-state index is 12.1. The van der Waals surface area contributed by atoms with Crippen LogP contribution in [0.3, 0.4) is 0 Å². The van der Waals surface area contributed by atoms with Crippen LogP contribution in [0.15, 0.2) is 54.6 Å². The number of carbonyl (C=O) groups excluding carboxylic acids is 1. The highest BCUT2D eigenvalue weighted by molar-refractivity contribution is 7.09. The highest BCUT2D eigenvalue weighted by Crippen LogP contribution is 2.09. The lowest BCUT2D eigenvalue weighted by atomic mass is 10.2. The predicted octanol–water partition coefficient (Wildman–Crippen LogP) is 2.26. The summed E-state index contributed by atoms with van der Waals surface area (Å²) in [7, 11) is 0. The van der Waals surface area contributed by atoms with Gasteiger partial charge in [0.05, 0.1) is 6.54 Å². The van der Waals surface area contributed by atoms with E-state index in [1.165, 1.54) is 0 Å². The second-order valence-corrected chi connectivity index (χ2v) is 5.17. The van der Waals surface area contributed by atoms with Crippen molar-refractivity contribution in [1.29, 1.82) is 0 Å². The Morgan fingerprint density at radius 3 is 3.05 bits per heavy atom. The quantitative estimate of drug-likeness (QED) is 0.799. The monoisotopic (exact) mass is 284 g/mol. The first kappa shape index (κ1) is 12.6. The Bertz CT molecular complexity index is 692. The van der Waals surface area contributed by atoms with Gasteiger partial charge in [0.25, 0.3) is 5.91 Å². The zero-order valence-electron chi connectivity index (χ0n) is 10.6. The van der Waals surface area contributed by atoms with Gasteiger partial charge >= 0.3 is 0 Å². The fourth-order valence-electron chi connectivity index (χ4n) is 1.78. The van der Waals surface area contributed by atoms with Crippen molar-refractivity contribution in [2.75, 3.05) is 0 Å². The molecule has 1 N–H and O–H groups in total. The number of amides is 1. The van der Waals surface area contributed by atoms with Crippen molar-refractivity contribution in [3.8, 4) is 5.82 Å². The topological polar surface area (TPSA) is 59.8 Å². The average molecular weight is 284 g/mol. The first-order chi connectivity index (χ1) is 9.83. The third-order valence-corrected chi connectivity index (χ3v) is 3.66. The van der Waals surface area contributed by atoms with Crippen molar-refractivity contribution in [2.45, 2.75) is 6.54 Å². The molecule has 0 bridgehead atoms. The Kier molecular flexibility index (Phi) is 3.56. The van der Waals surface area contributed by atoms with Crippen molar-refractivity contribution < 1.29 is 4.79 Å². The summed E-state index contributed by atoms with van der Waals surface area (Å²) in [5.74, 6) is 0.563. The minimum Gasteiger partial charge on any atom is -0.347 e. The molecule has 0 saturated carbocycles. The fraction of sp³-hybridized carbons (Fsp3) is 0.0714. The van der Waals surface area contributed by atoms with Crippen molar-refractivity contribution >= 4 is 17.2 Å². The van der Waals surface area contributed by atoms with Gasteiger partial charge in [0.15, 0.2) is 0 Å². The van der Waals surface area contributed by atoms with Crippen molar-refractivity contribution in [1.82, 2.24) is 19.9 Å². The molecule has 3 heterocycles. The van der Waals surface area contributed by atoms with Gasteiger partial charge in [-0.25, -0.2) is 9.97 Å². The van der Waals surface area contributed by atoms with Crippen LogP contribution >= 0.6 is 11.3 Å². The lowest BCUT2D eigenvalue weighted by Crippen LogP contribution is -2.22. The molecule has 5 nitrogen and oxygen atoms in total. The van der Waals surface area contributed by atoms with Gasteiger partial charge in [0.1, 0.15) is 12.1 Å². The number of pyridine rings is 1. The van der Waals surface area contributed by atoms with E-state index < -0.39 is 0 Å². The molecule has 0 unspecified atom stereocenters. The van der Waals surface area contributed by atoms with E-state index in [-0.39, 0.29) is 5.91 Å². The Morgan fingerprint density at radius 2 is 2.30 bits per heavy atom. The third kappa shape index (κ3) is 2.75. The van der Waals surface area contributed by atoms with Gasteiger partial charge in [-0.1, -0.05) is 6.07 Å². The molecule has 0 fully saturated rings. The lowest BCUT2D eigenvalue weighted by Gasteiger charge is -2.06. The van der Waals surface area contributed by atoms with E-state index in [0.29, 0.717) is 17.9 Å². The van der Waals surface area contributed by atoms with Gasteiger partial charge in [-0.15, -0.1) is 11.3 Å². The van der Waals surface area contributed by atoms with Gasteiger partial charge in [-0.3, -0.25) is 9.36 Å². The smallest absolute Gasteiger partial charge is 0.251 e. The minimum atomic E-state index is -0.109. The molecule has 20 heavy (non-hydrogen) atoms. The summed E-state index contributed by atoms with van der Waals surface area (Å²) in [5, 5.41) is 4.88. The van der Waals surface area contributed by atoms with Gasteiger partial charge < -0.3 is 5.32 Å². The molecule has 0 aliphatic heterocycles. The number of hydrogen-bond donors (Lipinski definition) is 1. The Labute approximate surface area is 119 Å². The van der Waals surface area contributed by atoms with E-state index in [4.69, 9.17) is 0 Å². The van der Waals surface area contributed by atoms with E-state index in [1.807, 2.05) is 17.5 Å². The summed E-state index contributed by atoms with van der Waals surface area (Å²) in [4.78, 5) is 21.4. The highest BCUT2D eigenvalue weighted by atomic mass is 32.1. The number of nitrogens with one attached hydrogen (secondary N) is 1. The molecule has 0 aliphatic carbocycles. The maximum atomic E-state index is 12.1. The number of nitrogens with zero attached hydrogens (tertiary/aromatic N) is 3. The zero-order chi connectivity index (χ0) is 13.8. The molecule has 6 heteroatoms. The molecule has 3 aromatic rings. The summed E-state index contributed by atoms with van der Waals surface area (Å²) in [5.41, 5.74) is 0.584. The first-order valence-electron chi connectivity index (χ1n) is 6.08. The molecule has 0 aliphatic rings. The van der Waals surface area contributed by atoms with E-state index in [0.717, 1.165) is 4.88 Å². The summed E-state index contributed by atoms with van der Waals surface area (Å²) in [6.45, 7) is 0.541. The third-order valence-electron chi connectivity index (χ3n) is 2.78. The normalized spacial score (nSPS) is 10.4. The maximum Gasteiger partial charge on any atom is 0.251 e. The summed E-state index contributed by atoms with van der Waals surface area (Å²) in [6, 6.07) is 7.40. The fourth-order valence-corrected chi connectivity index (χ4v) is 2.42. The number of imidazole rings is 1. The molecule has 100 valence electrons. The number of hydrogen-bond acceptors (Lipinski definition) is 4. The van der Waals surface area contributed by atoms with Crippen molar-refractivity contribution in [3.63, 3.8) is 0 Å². The van der Waals surface area contributed by atoms with Gasteiger partial charge in [0, 0.05) is 29.0 Å². The Morgan fingerprint density at radius 1 is 1.35 bits per heavy atom. The van der Waals surface area contributed by atoms with Crippen molar-refractivity contribution in [3.05, 3.63) is 65.0 Å². The molecule has 3 aromatic heterocycles. The summed E-state index contributed by atoms with van der Waals surface area (Å²) in [6.07, 6.45) is 6.73. The van der Waals surface area contributed by atoms with Crippen LogP contribution in [0, 0.1) is 0 Å². The van der Waals surface area contributed by atoms with Crippen LogP contribution in [-0.4, -0.2) is 20.4 Å². The SMILES string of the molecule is O=C(NCc1cccs1)c1ccnc(-n2ccnc2)c1. The van der Waals surface area contributed by atoms with E-state index in [1.54, 1.807) is 53.0 Å². The number of carbonyl (C=O) groups is 1. The standard InChI is InChI=1S/C14H12N4OS/c19-14(17-9-12-2-1-7-20-12)11-3-4-16-13(8-11)18-6-5-15-10-18/h1-8,10H,9H2,(H,17,19). The van der Waals surface area contributed by atoms with Gasteiger partial charge in [-0.2, -0.15) is 0 Å². The molecule has 0 saturated heterocycles. The lowest BCUT2D eigenvalue weighted by molar-refractivity contribution is 0.0951. The van der Waals surface area contributed by atoms with Crippen LogP contribution < -0.4 is 5.32 Å². The average Bonchev–Trinajstić information content (AvgIpc) is 3.18. The van der Waals surface area contributed by atoms with Crippen LogP contribution in [0.1, 0.15) is 15.2 Å². The van der Waals surface area contributed by atoms with Crippen LogP contribution in [-0.2, 0) is 6.54 Å².